The largest absolute Gasteiger partial charge is 0.465 e. The maximum absolute atomic E-state index is 12.4. The number of nitrogens with one attached hydrogen (secondary N) is 1. The molecule has 1 fully saturated rings. The van der Waals surface area contributed by atoms with Gasteiger partial charge in [-0.3, -0.25) is 0 Å². The number of benzene rings is 1. The number of ether oxygens (including phenoxy) is 4. The predicted octanol–water partition coefficient (Wildman–Crippen LogP) is 4.06. The van der Waals surface area contributed by atoms with Crippen LogP contribution in [0.1, 0.15) is 52.5 Å². The molecule has 0 bridgehead atoms. The van der Waals surface area contributed by atoms with E-state index in [1.165, 1.54) is 0 Å². The molecule has 7 heteroatoms. The average Bonchev–Trinajstić information content (AvgIpc) is 2.66. The van der Waals surface area contributed by atoms with E-state index in [-0.39, 0.29) is 12.9 Å². The minimum atomic E-state index is -1.06. The van der Waals surface area contributed by atoms with Gasteiger partial charge in [0.05, 0.1) is 13.2 Å². The molecule has 1 N–H and O–H groups in total. The summed E-state index contributed by atoms with van der Waals surface area (Å²) in [4.78, 5) is 24.6. The number of amides is 1. The molecule has 0 radical (unpaired) electrons. The molecule has 1 aliphatic rings. The summed E-state index contributed by atoms with van der Waals surface area (Å²) in [6.45, 7) is 11.8. The van der Waals surface area contributed by atoms with Crippen molar-refractivity contribution in [3.63, 3.8) is 0 Å². The Bertz CT molecular complexity index is 701. The summed E-state index contributed by atoms with van der Waals surface area (Å²) in [6.07, 6.45) is 2.04. The summed E-state index contributed by atoms with van der Waals surface area (Å²) in [5.41, 5.74) is 0.385. The number of carbonyl (C=O) groups is 2. The summed E-state index contributed by atoms with van der Waals surface area (Å²) < 4.78 is 21.7. The molecular weight excluding hydrogens is 374 g/mol. The Kier molecular flexibility index (Phi) is 8.08. The van der Waals surface area contributed by atoms with Crippen LogP contribution in [0.15, 0.2) is 30.8 Å². The topological polar surface area (TPSA) is 83.1 Å². The minimum absolute atomic E-state index is 0.187. The highest BCUT2D eigenvalue weighted by Crippen LogP contribution is 2.24. The molecule has 1 amide bonds. The molecule has 1 aliphatic heterocycles. The van der Waals surface area contributed by atoms with E-state index in [1.807, 2.05) is 0 Å². The third kappa shape index (κ3) is 7.42. The summed E-state index contributed by atoms with van der Waals surface area (Å²) in [5.74, 6) is 0.0699. The first-order valence-corrected chi connectivity index (χ1v) is 9.93. The molecule has 0 aliphatic carbocycles. The van der Waals surface area contributed by atoms with Gasteiger partial charge in [-0.25, -0.2) is 9.59 Å². The molecule has 0 spiro atoms. The normalized spacial score (nSPS) is 17.7. The zero-order valence-electron chi connectivity index (χ0n) is 17.7. The summed E-state index contributed by atoms with van der Waals surface area (Å²) in [5, 5.41) is 2.55. The van der Waals surface area contributed by atoms with Crippen LogP contribution in [0.4, 0.5) is 4.79 Å². The van der Waals surface area contributed by atoms with Crippen molar-refractivity contribution >= 4 is 17.6 Å². The van der Waals surface area contributed by atoms with Crippen LogP contribution in [-0.4, -0.2) is 43.2 Å². The molecule has 29 heavy (non-hydrogen) atoms. The first-order valence-electron chi connectivity index (χ1n) is 9.93. The van der Waals surface area contributed by atoms with Crippen LogP contribution in [0.5, 0.6) is 5.75 Å². The van der Waals surface area contributed by atoms with Crippen molar-refractivity contribution in [2.45, 2.75) is 64.9 Å². The van der Waals surface area contributed by atoms with E-state index in [0.29, 0.717) is 23.5 Å². The lowest BCUT2D eigenvalue weighted by atomic mass is 10.00. The molecule has 1 heterocycles. The van der Waals surface area contributed by atoms with Crippen molar-refractivity contribution in [2.75, 3.05) is 13.2 Å². The fraction of sp³-hybridized carbons (Fsp3) is 0.545. The monoisotopic (exact) mass is 405 g/mol. The Morgan fingerprint density at radius 2 is 1.93 bits per heavy atom. The maximum atomic E-state index is 12.4. The van der Waals surface area contributed by atoms with Gasteiger partial charge in [0, 0.05) is 6.42 Å². The Morgan fingerprint density at radius 1 is 1.24 bits per heavy atom. The number of hydrogen-bond donors (Lipinski definition) is 1. The van der Waals surface area contributed by atoms with Crippen LogP contribution in [0.25, 0.3) is 5.57 Å². The highest BCUT2D eigenvalue weighted by molar-refractivity contribution is 5.94. The van der Waals surface area contributed by atoms with Gasteiger partial charge < -0.3 is 24.3 Å². The first-order chi connectivity index (χ1) is 13.7. The van der Waals surface area contributed by atoms with Crippen molar-refractivity contribution in [1.82, 2.24) is 5.32 Å². The Balaban J connectivity index is 2.08. The number of rotatable bonds is 7. The fourth-order valence-corrected chi connectivity index (χ4v) is 2.81. The van der Waals surface area contributed by atoms with E-state index in [4.69, 9.17) is 18.9 Å². The highest BCUT2D eigenvalue weighted by Gasteiger charge is 2.28. The molecule has 7 nitrogen and oxygen atoms in total. The van der Waals surface area contributed by atoms with Gasteiger partial charge in [0.25, 0.3) is 0 Å². The predicted molar refractivity (Wildman–Crippen MR) is 109 cm³/mol. The van der Waals surface area contributed by atoms with Gasteiger partial charge >= 0.3 is 12.1 Å². The third-order valence-electron chi connectivity index (χ3n) is 4.16. The second-order valence-corrected chi connectivity index (χ2v) is 7.79. The smallest absolute Gasteiger partial charge is 0.408 e. The summed E-state index contributed by atoms with van der Waals surface area (Å²) in [6, 6.07) is 6.08. The van der Waals surface area contributed by atoms with Crippen molar-refractivity contribution in [3.8, 4) is 5.75 Å². The zero-order valence-corrected chi connectivity index (χ0v) is 17.7. The molecule has 1 aromatic carbocycles. The van der Waals surface area contributed by atoms with E-state index in [2.05, 4.69) is 11.9 Å². The lowest BCUT2D eigenvalue weighted by Gasteiger charge is -2.25. The molecular formula is C22H31NO6. The number of hydrogen-bond acceptors (Lipinski definition) is 6. The Hall–Kier alpha value is -2.54. The Morgan fingerprint density at radius 3 is 2.48 bits per heavy atom. The van der Waals surface area contributed by atoms with Gasteiger partial charge in [-0.2, -0.15) is 0 Å². The molecule has 2 unspecified atom stereocenters. The summed E-state index contributed by atoms with van der Waals surface area (Å²) >= 11 is 0. The average molecular weight is 405 g/mol. The van der Waals surface area contributed by atoms with Crippen molar-refractivity contribution in [2.24, 2.45) is 0 Å². The lowest BCUT2D eigenvalue weighted by molar-refractivity contribution is -0.143. The lowest BCUT2D eigenvalue weighted by Crippen LogP contribution is -2.44. The zero-order chi connectivity index (χ0) is 21.4. The van der Waals surface area contributed by atoms with E-state index >= 15 is 0 Å². The molecule has 0 aromatic heterocycles. The number of esters is 1. The van der Waals surface area contributed by atoms with E-state index in [9.17, 15) is 9.59 Å². The molecule has 0 saturated carbocycles. The van der Waals surface area contributed by atoms with Gasteiger partial charge in [0.2, 0.25) is 0 Å². The SMILES string of the molecule is C=C(c1ccc(OC2CCCCO2)cc1)C(NC(=O)OC(C)(C)C)C(=O)OCC. The first kappa shape index (κ1) is 22.7. The second-order valence-electron chi connectivity index (χ2n) is 7.79. The van der Waals surface area contributed by atoms with E-state index < -0.39 is 23.7 Å². The molecule has 2 atom stereocenters. The quantitative estimate of drug-likeness (QED) is 0.689. The van der Waals surface area contributed by atoms with Crippen LogP contribution >= 0.6 is 0 Å². The van der Waals surface area contributed by atoms with Gasteiger partial charge in [0.1, 0.15) is 11.4 Å². The molecule has 1 aromatic rings. The van der Waals surface area contributed by atoms with Crippen LogP contribution in [-0.2, 0) is 19.0 Å². The van der Waals surface area contributed by atoms with Crippen LogP contribution in [0, 0.1) is 0 Å². The number of carbonyl (C=O) groups excluding carboxylic acids is 2. The highest BCUT2D eigenvalue weighted by atomic mass is 16.7. The van der Waals surface area contributed by atoms with Crippen LogP contribution < -0.4 is 10.1 Å². The molecule has 160 valence electrons. The van der Waals surface area contributed by atoms with Gasteiger partial charge in [-0.05, 0) is 63.8 Å². The summed E-state index contributed by atoms with van der Waals surface area (Å²) in [7, 11) is 0. The Labute approximate surface area is 172 Å². The van der Waals surface area contributed by atoms with Crippen molar-refractivity contribution < 1.29 is 28.5 Å². The fourth-order valence-electron chi connectivity index (χ4n) is 2.81. The molecule has 2 rings (SSSR count). The van der Waals surface area contributed by atoms with Crippen molar-refractivity contribution in [3.05, 3.63) is 36.4 Å². The third-order valence-corrected chi connectivity index (χ3v) is 4.16. The van der Waals surface area contributed by atoms with Crippen LogP contribution in [0.2, 0.25) is 0 Å². The maximum Gasteiger partial charge on any atom is 0.408 e. The van der Waals surface area contributed by atoms with Gasteiger partial charge in [-0.1, -0.05) is 18.7 Å². The van der Waals surface area contributed by atoms with E-state index in [0.717, 1.165) is 19.3 Å². The van der Waals surface area contributed by atoms with Crippen molar-refractivity contribution in [1.29, 1.82) is 0 Å². The van der Waals surface area contributed by atoms with Crippen LogP contribution in [0.3, 0.4) is 0 Å². The minimum Gasteiger partial charge on any atom is -0.465 e. The van der Waals surface area contributed by atoms with E-state index in [1.54, 1.807) is 52.0 Å². The number of alkyl carbamates (subject to hydrolysis) is 1. The van der Waals surface area contributed by atoms with Gasteiger partial charge in [-0.15, -0.1) is 0 Å². The van der Waals surface area contributed by atoms with Gasteiger partial charge in [0.15, 0.2) is 12.3 Å². The standard InChI is InChI=1S/C22H31NO6/c1-6-26-20(24)19(23-21(25)29-22(3,4)5)15(2)16-10-12-17(13-11-16)28-18-9-7-8-14-27-18/h10-13,18-19H,2,6-9,14H2,1,3-5H3,(H,23,25). The molecule has 1 saturated heterocycles. The second kappa shape index (κ2) is 10.3.